The zero-order valence-corrected chi connectivity index (χ0v) is 15.1. The molecule has 0 atom stereocenters. The van der Waals surface area contributed by atoms with E-state index in [9.17, 15) is 0 Å². The first-order valence-electron chi connectivity index (χ1n) is 8.90. The van der Waals surface area contributed by atoms with Crippen LogP contribution in [0.4, 0.5) is 0 Å². The van der Waals surface area contributed by atoms with Crippen molar-refractivity contribution in [1.29, 1.82) is 0 Å². The molecule has 0 saturated heterocycles. The molecular formula is C24H14ClNO. The van der Waals surface area contributed by atoms with E-state index in [1.807, 2.05) is 36.4 Å². The molecule has 27 heavy (non-hydrogen) atoms. The van der Waals surface area contributed by atoms with Gasteiger partial charge in [0.1, 0.15) is 11.2 Å². The SMILES string of the molecule is Clc1ccc2c(c1)c1c3oc4ccccc4c3ccc1n2-c1ccccc1. The molecule has 6 aromatic rings. The summed E-state index contributed by atoms with van der Waals surface area (Å²) in [5.74, 6) is 0. The van der Waals surface area contributed by atoms with Crippen LogP contribution in [0.2, 0.25) is 5.02 Å². The third-order valence-electron chi connectivity index (χ3n) is 5.25. The standard InChI is InChI=1S/C24H14ClNO/c25-15-10-12-20-19(14-15)23-21(26(20)16-6-2-1-3-7-16)13-11-18-17-8-4-5-9-22(17)27-24(18)23/h1-14H. The molecule has 2 heterocycles. The van der Waals surface area contributed by atoms with Crippen molar-refractivity contribution in [3.63, 3.8) is 0 Å². The van der Waals surface area contributed by atoms with Gasteiger partial charge in [0, 0.05) is 26.9 Å². The van der Waals surface area contributed by atoms with Gasteiger partial charge in [0.25, 0.3) is 0 Å². The molecular weight excluding hydrogens is 354 g/mol. The summed E-state index contributed by atoms with van der Waals surface area (Å²) in [5, 5.41) is 5.20. The van der Waals surface area contributed by atoms with Crippen LogP contribution in [0.15, 0.2) is 89.3 Å². The Morgan fingerprint density at radius 1 is 0.667 bits per heavy atom. The van der Waals surface area contributed by atoms with Crippen molar-refractivity contribution in [1.82, 2.24) is 4.57 Å². The van der Waals surface area contributed by atoms with Crippen LogP contribution in [0.1, 0.15) is 0 Å². The van der Waals surface area contributed by atoms with Crippen LogP contribution in [0, 0.1) is 0 Å². The summed E-state index contributed by atoms with van der Waals surface area (Å²) < 4.78 is 8.58. The number of rotatable bonds is 1. The molecule has 0 radical (unpaired) electrons. The molecule has 2 nitrogen and oxygen atoms in total. The lowest BCUT2D eigenvalue weighted by atomic mass is 10.1. The van der Waals surface area contributed by atoms with Crippen LogP contribution in [-0.4, -0.2) is 4.57 Å². The molecule has 0 aliphatic heterocycles. The van der Waals surface area contributed by atoms with Crippen molar-refractivity contribution in [2.45, 2.75) is 0 Å². The van der Waals surface area contributed by atoms with Gasteiger partial charge in [-0.2, -0.15) is 0 Å². The summed E-state index contributed by atoms with van der Waals surface area (Å²) in [7, 11) is 0. The summed E-state index contributed by atoms with van der Waals surface area (Å²) in [4.78, 5) is 0. The average Bonchev–Trinajstić information content (AvgIpc) is 3.23. The minimum absolute atomic E-state index is 0.725. The Morgan fingerprint density at radius 3 is 2.33 bits per heavy atom. The summed E-state index contributed by atoms with van der Waals surface area (Å²) >= 11 is 6.36. The Hall–Kier alpha value is -3.23. The Kier molecular flexibility index (Phi) is 2.97. The number of halogens is 1. The maximum absolute atomic E-state index is 6.36. The third-order valence-corrected chi connectivity index (χ3v) is 5.48. The van der Waals surface area contributed by atoms with Crippen molar-refractivity contribution in [2.75, 3.05) is 0 Å². The van der Waals surface area contributed by atoms with Crippen LogP contribution >= 0.6 is 11.6 Å². The zero-order valence-electron chi connectivity index (χ0n) is 14.3. The number of hydrogen-bond donors (Lipinski definition) is 0. The fourth-order valence-electron chi connectivity index (χ4n) is 4.11. The van der Waals surface area contributed by atoms with Gasteiger partial charge in [0.15, 0.2) is 0 Å². The molecule has 0 N–H and O–H groups in total. The maximum Gasteiger partial charge on any atom is 0.145 e. The second-order valence-electron chi connectivity index (χ2n) is 6.77. The Bertz CT molecular complexity index is 1470. The molecule has 0 saturated carbocycles. The van der Waals surface area contributed by atoms with E-state index < -0.39 is 0 Å². The summed E-state index contributed by atoms with van der Waals surface area (Å²) in [6, 6.07) is 29.0. The largest absolute Gasteiger partial charge is 0.455 e. The predicted octanol–water partition coefficient (Wildman–Crippen LogP) is 7.34. The normalized spacial score (nSPS) is 11.9. The predicted molar refractivity (Wildman–Crippen MR) is 113 cm³/mol. The average molecular weight is 368 g/mol. The third kappa shape index (κ3) is 2.02. The maximum atomic E-state index is 6.36. The molecule has 4 aromatic carbocycles. The molecule has 128 valence electrons. The molecule has 0 amide bonds. The summed E-state index contributed by atoms with van der Waals surface area (Å²) in [6.07, 6.45) is 0. The lowest BCUT2D eigenvalue weighted by molar-refractivity contribution is 0.673. The quantitative estimate of drug-likeness (QED) is 0.297. The number of nitrogens with zero attached hydrogens (tertiary/aromatic N) is 1. The van der Waals surface area contributed by atoms with Crippen LogP contribution < -0.4 is 0 Å². The fourth-order valence-corrected chi connectivity index (χ4v) is 4.29. The first-order chi connectivity index (χ1) is 13.3. The van der Waals surface area contributed by atoms with Gasteiger partial charge in [-0.15, -0.1) is 0 Å². The van der Waals surface area contributed by atoms with Crippen LogP contribution in [0.25, 0.3) is 49.4 Å². The molecule has 0 unspecified atom stereocenters. The van der Waals surface area contributed by atoms with Gasteiger partial charge >= 0.3 is 0 Å². The molecule has 0 spiro atoms. The minimum atomic E-state index is 0.725. The molecule has 0 fully saturated rings. The minimum Gasteiger partial charge on any atom is -0.455 e. The molecule has 6 rings (SSSR count). The highest BCUT2D eigenvalue weighted by atomic mass is 35.5. The Morgan fingerprint density at radius 2 is 1.44 bits per heavy atom. The van der Waals surface area contributed by atoms with Gasteiger partial charge in [0.2, 0.25) is 0 Å². The van der Waals surface area contributed by atoms with E-state index in [1.54, 1.807) is 0 Å². The van der Waals surface area contributed by atoms with Gasteiger partial charge in [-0.25, -0.2) is 0 Å². The zero-order chi connectivity index (χ0) is 18.0. The number of aromatic nitrogens is 1. The molecule has 0 aliphatic rings. The smallest absolute Gasteiger partial charge is 0.145 e. The first-order valence-corrected chi connectivity index (χ1v) is 9.28. The van der Waals surface area contributed by atoms with E-state index in [1.165, 1.54) is 0 Å². The van der Waals surface area contributed by atoms with Crippen molar-refractivity contribution in [3.8, 4) is 5.69 Å². The van der Waals surface area contributed by atoms with Crippen molar-refractivity contribution >= 4 is 55.3 Å². The van der Waals surface area contributed by atoms with Crippen LogP contribution in [0.5, 0.6) is 0 Å². The lowest BCUT2D eigenvalue weighted by Crippen LogP contribution is -1.92. The van der Waals surface area contributed by atoms with Gasteiger partial charge in [-0.05, 0) is 48.5 Å². The van der Waals surface area contributed by atoms with Crippen molar-refractivity contribution < 1.29 is 4.42 Å². The molecule has 2 aromatic heterocycles. The van der Waals surface area contributed by atoms with Gasteiger partial charge in [-0.3, -0.25) is 0 Å². The monoisotopic (exact) mass is 367 g/mol. The van der Waals surface area contributed by atoms with E-state index >= 15 is 0 Å². The number of benzene rings is 4. The van der Waals surface area contributed by atoms with Gasteiger partial charge in [0.05, 0.1) is 16.4 Å². The van der Waals surface area contributed by atoms with Crippen molar-refractivity contribution in [3.05, 3.63) is 90.0 Å². The van der Waals surface area contributed by atoms with E-state index in [4.69, 9.17) is 16.0 Å². The van der Waals surface area contributed by atoms with Crippen LogP contribution in [-0.2, 0) is 0 Å². The fraction of sp³-hybridized carbons (Fsp3) is 0. The van der Waals surface area contributed by atoms with Gasteiger partial charge in [-0.1, -0.05) is 48.0 Å². The topological polar surface area (TPSA) is 18.1 Å². The van der Waals surface area contributed by atoms with Crippen molar-refractivity contribution in [2.24, 2.45) is 0 Å². The van der Waals surface area contributed by atoms with E-state index in [0.717, 1.165) is 54.5 Å². The van der Waals surface area contributed by atoms with Gasteiger partial charge < -0.3 is 8.98 Å². The second-order valence-corrected chi connectivity index (χ2v) is 7.20. The van der Waals surface area contributed by atoms with E-state index in [-0.39, 0.29) is 0 Å². The van der Waals surface area contributed by atoms with E-state index in [0.29, 0.717) is 0 Å². The Balaban J connectivity index is 1.89. The molecule has 3 heteroatoms. The highest BCUT2D eigenvalue weighted by Crippen LogP contribution is 2.40. The number of hydrogen-bond acceptors (Lipinski definition) is 1. The summed E-state index contributed by atoms with van der Waals surface area (Å²) in [6.45, 7) is 0. The number of furan rings is 1. The summed E-state index contributed by atoms with van der Waals surface area (Å²) in [5.41, 5.74) is 5.17. The highest BCUT2D eigenvalue weighted by molar-refractivity contribution is 6.32. The molecule has 0 bridgehead atoms. The Labute approximate surface area is 160 Å². The van der Waals surface area contributed by atoms with Crippen LogP contribution in [0.3, 0.4) is 0 Å². The molecule has 0 aliphatic carbocycles. The number of para-hydroxylation sites is 2. The van der Waals surface area contributed by atoms with E-state index in [2.05, 4.69) is 53.1 Å². The lowest BCUT2D eigenvalue weighted by Gasteiger charge is -2.07. The number of fused-ring (bicyclic) bond motifs is 7. The second kappa shape index (κ2) is 5.38. The first kappa shape index (κ1) is 14.9. The highest BCUT2D eigenvalue weighted by Gasteiger charge is 2.18.